The average Bonchev–Trinajstić information content (AvgIpc) is 2.64. The standard InChI is InChI=1S/C22H33NO/c1-23(17-18-7-3-2-4-8-18)20-11-14-22(15-12-20)21-10-6-5-9-19(21)13-16-24-22/h5-6,9-10,18,20H,2-4,7-8,11-17H2,1H3. The maximum atomic E-state index is 6.39. The van der Waals surface area contributed by atoms with E-state index in [2.05, 4.69) is 36.2 Å². The molecule has 1 spiro atoms. The lowest BCUT2D eigenvalue weighted by molar-refractivity contribution is -0.0959. The Morgan fingerprint density at radius 1 is 1.04 bits per heavy atom. The Kier molecular flexibility index (Phi) is 4.96. The van der Waals surface area contributed by atoms with E-state index >= 15 is 0 Å². The highest BCUT2D eigenvalue weighted by atomic mass is 16.5. The molecule has 2 fully saturated rings. The summed E-state index contributed by atoms with van der Waals surface area (Å²) in [4.78, 5) is 2.68. The molecule has 0 saturated heterocycles. The summed E-state index contributed by atoms with van der Waals surface area (Å²) in [5.74, 6) is 0.950. The van der Waals surface area contributed by atoms with Crippen LogP contribution in [-0.2, 0) is 16.8 Å². The minimum atomic E-state index is 0.0248. The number of rotatable bonds is 3. The van der Waals surface area contributed by atoms with Gasteiger partial charge < -0.3 is 9.64 Å². The lowest BCUT2D eigenvalue weighted by Gasteiger charge is -2.46. The quantitative estimate of drug-likeness (QED) is 0.782. The molecule has 0 aromatic heterocycles. The number of hydrogen-bond donors (Lipinski definition) is 0. The zero-order valence-electron chi connectivity index (χ0n) is 15.3. The molecular weight excluding hydrogens is 294 g/mol. The Morgan fingerprint density at radius 2 is 1.79 bits per heavy atom. The van der Waals surface area contributed by atoms with Crippen LogP contribution in [0.4, 0.5) is 0 Å². The van der Waals surface area contributed by atoms with Gasteiger partial charge in [0.05, 0.1) is 12.2 Å². The van der Waals surface area contributed by atoms with Gasteiger partial charge in [-0.05, 0) is 69.0 Å². The Bertz CT molecular complexity index is 541. The van der Waals surface area contributed by atoms with Crippen molar-refractivity contribution >= 4 is 0 Å². The maximum Gasteiger partial charge on any atom is 0.0935 e. The molecule has 0 unspecified atom stereocenters. The van der Waals surface area contributed by atoms with Crippen LogP contribution in [0.2, 0.25) is 0 Å². The molecule has 0 atom stereocenters. The van der Waals surface area contributed by atoms with Crippen molar-refractivity contribution < 1.29 is 4.74 Å². The normalized spacial score (nSPS) is 31.3. The summed E-state index contributed by atoms with van der Waals surface area (Å²) in [5, 5.41) is 0. The second-order valence-electron chi connectivity index (χ2n) is 8.42. The minimum Gasteiger partial charge on any atom is -0.370 e. The van der Waals surface area contributed by atoms with E-state index in [-0.39, 0.29) is 5.60 Å². The molecule has 1 aromatic rings. The van der Waals surface area contributed by atoms with Crippen LogP contribution >= 0.6 is 0 Å². The maximum absolute atomic E-state index is 6.39. The molecule has 2 saturated carbocycles. The van der Waals surface area contributed by atoms with Crippen molar-refractivity contribution in [3.63, 3.8) is 0 Å². The third kappa shape index (κ3) is 3.28. The van der Waals surface area contributed by atoms with Gasteiger partial charge in [-0.25, -0.2) is 0 Å². The van der Waals surface area contributed by atoms with Gasteiger partial charge in [-0.3, -0.25) is 0 Å². The Hall–Kier alpha value is -0.860. The molecular formula is C22H33NO. The number of hydrogen-bond acceptors (Lipinski definition) is 2. The monoisotopic (exact) mass is 327 g/mol. The first kappa shape index (κ1) is 16.6. The van der Waals surface area contributed by atoms with Gasteiger partial charge in [-0.1, -0.05) is 43.5 Å². The minimum absolute atomic E-state index is 0.0248. The van der Waals surface area contributed by atoms with E-state index in [0.29, 0.717) is 0 Å². The Balaban J connectivity index is 1.38. The van der Waals surface area contributed by atoms with Gasteiger partial charge in [0.2, 0.25) is 0 Å². The van der Waals surface area contributed by atoms with Crippen molar-refractivity contribution in [3.8, 4) is 0 Å². The van der Waals surface area contributed by atoms with Crippen molar-refractivity contribution in [3.05, 3.63) is 35.4 Å². The number of benzene rings is 1. The van der Waals surface area contributed by atoms with Crippen LogP contribution in [0, 0.1) is 5.92 Å². The van der Waals surface area contributed by atoms with Crippen molar-refractivity contribution in [1.82, 2.24) is 4.90 Å². The highest BCUT2D eigenvalue weighted by molar-refractivity contribution is 5.35. The SMILES string of the molecule is CN(CC1CCCCC1)C1CCC2(CC1)OCCc1ccccc12. The highest BCUT2D eigenvalue weighted by Gasteiger charge is 2.41. The lowest BCUT2D eigenvalue weighted by atomic mass is 9.74. The van der Waals surface area contributed by atoms with Crippen molar-refractivity contribution in [2.45, 2.75) is 75.9 Å². The van der Waals surface area contributed by atoms with Gasteiger partial charge in [0, 0.05) is 12.6 Å². The van der Waals surface area contributed by atoms with Crippen LogP contribution in [0.1, 0.15) is 68.9 Å². The van der Waals surface area contributed by atoms with Crippen LogP contribution in [0.5, 0.6) is 0 Å². The fourth-order valence-electron chi connectivity index (χ4n) is 5.47. The molecule has 2 nitrogen and oxygen atoms in total. The predicted octanol–water partition coefficient (Wildman–Crippen LogP) is 4.91. The second kappa shape index (κ2) is 7.17. The number of nitrogens with zero attached hydrogens (tertiary/aromatic N) is 1. The van der Waals surface area contributed by atoms with Crippen LogP contribution in [-0.4, -0.2) is 31.1 Å². The largest absolute Gasteiger partial charge is 0.370 e. The molecule has 1 aromatic carbocycles. The molecule has 1 heterocycles. The van der Waals surface area contributed by atoms with Crippen LogP contribution < -0.4 is 0 Å². The first-order chi connectivity index (χ1) is 11.8. The zero-order chi connectivity index (χ0) is 16.4. The molecule has 0 N–H and O–H groups in total. The van der Waals surface area contributed by atoms with E-state index < -0.39 is 0 Å². The summed E-state index contributed by atoms with van der Waals surface area (Å²) in [6.45, 7) is 2.22. The van der Waals surface area contributed by atoms with Gasteiger partial charge >= 0.3 is 0 Å². The molecule has 4 rings (SSSR count). The van der Waals surface area contributed by atoms with Gasteiger partial charge in [0.25, 0.3) is 0 Å². The van der Waals surface area contributed by atoms with Crippen LogP contribution in [0.15, 0.2) is 24.3 Å². The van der Waals surface area contributed by atoms with Crippen LogP contribution in [0.25, 0.3) is 0 Å². The Morgan fingerprint density at radius 3 is 2.58 bits per heavy atom. The molecule has 1 aliphatic heterocycles. The summed E-state index contributed by atoms with van der Waals surface area (Å²) >= 11 is 0. The molecule has 3 aliphatic rings. The van der Waals surface area contributed by atoms with Gasteiger partial charge in [-0.2, -0.15) is 0 Å². The van der Waals surface area contributed by atoms with E-state index in [9.17, 15) is 0 Å². The molecule has 0 bridgehead atoms. The molecule has 2 aliphatic carbocycles. The summed E-state index contributed by atoms with van der Waals surface area (Å²) < 4.78 is 6.39. The summed E-state index contributed by atoms with van der Waals surface area (Å²) in [5.41, 5.74) is 3.04. The molecule has 0 radical (unpaired) electrons. The summed E-state index contributed by atoms with van der Waals surface area (Å²) in [6, 6.07) is 9.76. The predicted molar refractivity (Wildman–Crippen MR) is 99.2 cm³/mol. The zero-order valence-corrected chi connectivity index (χ0v) is 15.3. The molecule has 132 valence electrons. The van der Waals surface area contributed by atoms with E-state index in [0.717, 1.165) is 25.0 Å². The van der Waals surface area contributed by atoms with E-state index in [1.54, 1.807) is 0 Å². The van der Waals surface area contributed by atoms with Crippen molar-refractivity contribution in [1.29, 1.82) is 0 Å². The lowest BCUT2D eigenvalue weighted by Crippen LogP contribution is -2.45. The highest BCUT2D eigenvalue weighted by Crippen LogP contribution is 2.45. The number of fused-ring (bicyclic) bond motifs is 2. The Labute approximate surface area is 147 Å². The summed E-state index contributed by atoms with van der Waals surface area (Å²) in [6.07, 6.45) is 13.3. The molecule has 0 amide bonds. The second-order valence-corrected chi connectivity index (χ2v) is 8.42. The fraction of sp³-hybridized carbons (Fsp3) is 0.727. The fourth-order valence-corrected chi connectivity index (χ4v) is 5.47. The van der Waals surface area contributed by atoms with Gasteiger partial charge in [-0.15, -0.1) is 0 Å². The van der Waals surface area contributed by atoms with Gasteiger partial charge in [0.1, 0.15) is 0 Å². The molecule has 2 heteroatoms. The van der Waals surface area contributed by atoms with E-state index in [1.807, 2.05) is 0 Å². The first-order valence-corrected chi connectivity index (χ1v) is 10.2. The first-order valence-electron chi connectivity index (χ1n) is 10.2. The van der Waals surface area contributed by atoms with Crippen molar-refractivity contribution in [2.24, 2.45) is 5.92 Å². The third-order valence-electron chi connectivity index (χ3n) is 6.92. The molecule has 24 heavy (non-hydrogen) atoms. The van der Waals surface area contributed by atoms with E-state index in [4.69, 9.17) is 4.74 Å². The van der Waals surface area contributed by atoms with Crippen molar-refractivity contribution in [2.75, 3.05) is 20.2 Å². The van der Waals surface area contributed by atoms with E-state index in [1.165, 1.54) is 75.5 Å². The average molecular weight is 328 g/mol. The number of ether oxygens (including phenoxy) is 1. The van der Waals surface area contributed by atoms with Gasteiger partial charge in [0.15, 0.2) is 0 Å². The summed E-state index contributed by atoms with van der Waals surface area (Å²) in [7, 11) is 2.37. The smallest absolute Gasteiger partial charge is 0.0935 e. The third-order valence-corrected chi connectivity index (χ3v) is 6.92. The van der Waals surface area contributed by atoms with Crippen LogP contribution in [0.3, 0.4) is 0 Å². The topological polar surface area (TPSA) is 12.5 Å².